The Morgan fingerprint density at radius 3 is 2.65 bits per heavy atom. The maximum absolute atomic E-state index is 12.9. The molecule has 0 radical (unpaired) electrons. The minimum Gasteiger partial charge on any atom is -0.367 e. The Balaban J connectivity index is 0.00000196. The van der Waals surface area contributed by atoms with E-state index in [1.807, 2.05) is 42.2 Å². The first kappa shape index (κ1) is 18.2. The van der Waals surface area contributed by atoms with Crippen LogP contribution in [0, 0.1) is 6.92 Å². The first-order chi connectivity index (χ1) is 12.1. The molecule has 1 aromatic carbocycles. The van der Waals surface area contributed by atoms with Crippen LogP contribution in [0.5, 0.6) is 0 Å². The van der Waals surface area contributed by atoms with Crippen molar-refractivity contribution in [1.82, 2.24) is 15.0 Å². The van der Waals surface area contributed by atoms with E-state index in [-0.39, 0.29) is 24.2 Å². The lowest BCUT2D eigenvalue weighted by Gasteiger charge is -2.31. The van der Waals surface area contributed by atoms with Crippen LogP contribution in [-0.4, -0.2) is 34.0 Å². The third kappa shape index (κ3) is 3.12. The van der Waals surface area contributed by atoms with Crippen LogP contribution >= 0.6 is 12.4 Å². The van der Waals surface area contributed by atoms with Gasteiger partial charge in [-0.2, -0.15) is 0 Å². The Bertz CT molecular complexity index is 927. The van der Waals surface area contributed by atoms with Crippen molar-refractivity contribution in [3.05, 3.63) is 53.5 Å². The fraction of sp³-hybridized carbons (Fsp3) is 0.316. The molecule has 0 spiro atoms. The Morgan fingerprint density at radius 1 is 1.23 bits per heavy atom. The smallest absolute Gasteiger partial charge is 0.273 e. The summed E-state index contributed by atoms with van der Waals surface area (Å²) in [6.45, 7) is 3.29. The number of benzene rings is 1. The second kappa shape index (κ2) is 7.33. The van der Waals surface area contributed by atoms with Crippen LogP contribution in [0.25, 0.3) is 10.8 Å². The summed E-state index contributed by atoms with van der Waals surface area (Å²) in [5.74, 6) is 0.658. The van der Waals surface area contributed by atoms with E-state index in [2.05, 4.69) is 10.1 Å². The first-order valence-electron chi connectivity index (χ1n) is 8.50. The van der Waals surface area contributed by atoms with E-state index in [1.54, 1.807) is 6.20 Å². The highest BCUT2D eigenvalue weighted by Crippen LogP contribution is 2.32. The predicted molar refractivity (Wildman–Crippen MR) is 103 cm³/mol. The Hall–Kier alpha value is -2.60. The van der Waals surface area contributed by atoms with Crippen molar-refractivity contribution in [2.75, 3.05) is 18.8 Å². The van der Waals surface area contributed by atoms with Gasteiger partial charge in [0.1, 0.15) is 5.69 Å². The summed E-state index contributed by atoms with van der Waals surface area (Å²) in [5, 5.41) is 6.02. The molecular formula is C19H21ClN4O2. The van der Waals surface area contributed by atoms with E-state index in [1.165, 1.54) is 0 Å². The number of nitrogens with two attached hydrogens (primary N) is 1. The van der Waals surface area contributed by atoms with Crippen LogP contribution < -0.4 is 5.73 Å². The highest BCUT2D eigenvalue weighted by atomic mass is 35.5. The van der Waals surface area contributed by atoms with Crippen LogP contribution in [-0.2, 0) is 0 Å². The molecule has 26 heavy (non-hydrogen) atoms. The maximum Gasteiger partial charge on any atom is 0.273 e. The van der Waals surface area contributed by atoms with Crippen LogP contribution in [0.4, 0.5) is 5.88 Å². The van der Waals surface area contributed by atoms with E-state index < -0.39 is 0 Å². The van der Waals surface area contributed by atoms with Gasteiger partial charge in [0.25, 0.3) is 5.91 Å². The molecule has 0 aliphatic carbocycles. The van der Waals surface area contributed by atoms with Crippen molar-refractivity contribution >= 4 is 35.0 Å². The zero-order chi connectivity index (χ0) is 17.4. The highest BCUT2D eigenvalue weighted by Gasteiger charge is 2.29. The fourth-order valence-electron chi connectivity index (χ4n) is 3.54. The third-order valence-electron chi connectivity index (χ3n) is 5.04. The van der Waals surface area contributed by atoms with Gasteiger partial charge in [0.2, 0.25) is 5.88 Å². The number of hydrogen-bond acceptors (Lipinski definition) is 5. The molecule has 7 heteroatoms. The number of nitrogen functional groups attached to an aromatic ring is 1. The molecule has 1 fully saturated rings. The van der Waals surface area contributed by atoms with Gasteiger partial charge in [-0.3, -0.25) is 9.78 Å². The number of halogens is 1. The number of fused-ring (bicyclic) bond motifs is 1. The number of carbonyl (C=O) groups excluding carboxylic acids is 1. The summed E-state index contributed by atoms with van der Waals surface area (Å²) in [6.07, 6.45) is 3.40. The van der Waals surface area contributed by atoms with Gasteiger partial charge in [-0.1, -0.05) is 29.4 Å². The second-order valence-electron chi connectivity index (χ2n) is 6.50. The molecule has 0 saturated carbocycles. The molecule has 1 aliphatic heterocycles. The Morgan fingerprint density at radius 2 is 1.96 bits per heavy atom. The maximum atomic E-state index is 12.9. The Labute approximate surface area is 157 Å². The number of pyridine rings is 1. The number of anilines is 1. The molecule has 0 atom stereocenters. The molecule has 6 nitrogen and oxygen atoms in total. The molecule has 136 valence electrons. The van der Waals surface area contributed by atoms with E-state index in [0.717, 1.165) is 34.9 Å². The van der Waals surface area contributed by atoms with Crippen LogP contribution in [0.3, 0.4) is 0 Å². The molecule has 0 bridgehead atoms. The van der Waals surface area contributed by atoms with Crippen molar-refractivity contribution in [3.8, 4) is 0 Å². The molecule has 0 unspecified atom stereocenters. The van der Waals surface area contributed by atoms with Gasteiger partial charge in [-0.25, -0.2) is 0 Å². The summed E-state index contributed by atoms with van der Waals surface area (Å²) in [6, 6.07) is 9.77. The minimum absolute atomic E-state index is 0. The zero-order valence-electron chi connectivity index (χ0n) is 14.5. The van der Waals surface area contributed by atoms with Crippen molar-refractivity contribution in [3.63, 3.8) is 0 Å². The molecule has 3 heterocycles. The number of hydrogen-bond donors (Lipinski definition) is 1. The number of rotatable bonds is 2. The van der Waals surface area contributed by atoms with Crippen molar-refractivity contribution < 1.29 is 9.32 Å². The number of carbonyl (C=O) groups is 1. The molecule has 3 aromatic rings. The lowest BCUT2D eigenvalue weighted by atomic mass is 9.91. The number of piperidine rings is 1. The molecule has 4 rings (SSSR count). The number of amides is 1. The number of aromatic nitrogens is 2. The SMILES string of the molecule is Cc1c(C2CCN(C(=O)c3nccc4ccccc34)CC2)noc1N.Cl. The molecule has 1 amide bonds. The summed E-state index contributed by atoms with van der Waals surface area (Å²) in [7, 11) is 0. The minimum atomic E-state index is -0.00774. The largest absolute Gasteiger partial charge is 0.367 e. The lowest BCUT2D eigenvalue weighted by Crippen LogP contribution is -2.38. The quantitative estimate of drug-likeness (QED) is 0.743. The van der Waals surface area contributed by atoms with Gasteiger partial charge >= 0.3 is 0 Å². The Kier molecular flexibility index (Phi) is 5.13. The second-order valence-corrected chi connectivity index (χ2v) is 6.50. The molecular weight excluding hydrogens is 352 g/mol. The van der Waals surface area contributed by atoms with E-state index in [0.29, 0.717) is 24.7 Å². The van der Waals surface area contributed by atoms with Crippen LogP contribution in [0.15, 0.2) is 41.1 Å². The summed E-state index contributed by atoms with van der Waals surface area (Å²) < 4.78 is 5.08. The van der Waals surface area contributed by atoms with Gasteiger partial charge in [0.05, 0.1) is 5.69 Å². The fourth-order valence-corrected chi connectivity index (χ4v) is 3.54. The zero-order valence-corrected chi connectivity index (χ0v) is 15.3. The van der Waals surface area contributed by atoms with Crippen molar-refractivity contribution in [1.29, 1.82) is 0 Å². The van der Waals surface area contributed by atoms with Gasteiger partial charge < -0.3 is 15.2 Å². The van der Waals surface area contributed by atoms with E-state index >= 15 is 0 Å². The molecule has 1 saturated heterocycles. The first-order valence-corrected chi connectivity index (χ1v) is 8.50. The summed E-state index contributed by atoms with van der Waals surface area (Å²) in [5.41, 5.74) is 8.12. The highest BCUT2D eigenvalue weighted by molar-refractivity contribution is 6.05. The number of nitrogens with zero attached hydrogens (tertiary/aromatic N) is 3. The average Bonchev–Trinajstić information content (AvgIpc) is 3.00. The van der Waals surface area contributed by atoms with Gasteiger partial charge in [-0.15, -0.1) is 12.4 Å². The molecule has 2 aromatic heterocycles. The average molecular weight is 373 g/mol. The van der Waals surface area contributed by atoms with E-state index in [9.17, 15) is 4.79 Å². The normalized spacial score (nSPS) is 15.0. The molecule has 2 N–H and O–H groups in total. The van der Waals surface area contributed by atoms with Crippen LogP contribution in [0.2, 0.25) is 0 Å². The van der Waals surface area contributed by atoms with E-state index in [4.69, 9.17) is 10.3 Å². The molecule has 1 aliphatic rings. The monoisotopic (exact) mass is 372 g/mol. The summed E-state index contributed by atoms with van der Waals surface area (Å²) in [4.78, 5) is 19.2. The standard InChI is InChI=1S/C19H20N4O2.ClH/c1-12-16(22-25-18(12)20)14-7-10-23(11-8-14)19(24)17-15-5-3-2-4-13(15)6-9-21-17;/h2-6,9,14H,7-8,10-11,20H2,1H3;1H. The van der Waals surface area contributed by atoms with Crippen molar-refractivity contribution in [2.24, 2.45) is 0 Å². The predicted octanol–water partition coefficient (Wildman–Crippen LogP) is 3.56. The van der Waals surface area contributed by atoms with Crippen LogP contribution in [0.1, 0.15) is 40.5 Å². The van der Waals surface area contributed by atoms with Gasteiger partial charge in [-0.05, 0) is 31.2 Å². The number of likely N-dealkylation sites (tertiary alicyclic amines) is 1. The third-order valence-corrected chi connectivity index (χ3v) is 5.04. The summed E-state index contributed by atoms with van der Waals surface area (Å²) >= 11 is 0. The lowest BCUT2D eigenvalue weighted by molar-refractivity contribution is 0.0707. The van der Waals surface area contributed by atoms with Crippen molar-refractivity contribution in [2.45, 2.75) is 25.7 Å². The van der Waals surface area contributed by atoms with Gasteiger partial charge in [0, 0.05) is 36.2 Å². The van der Waals surface area contributed by atoms with Gasteiger partial charge in [0.15, 0.2) is 0 Å². The topological polar surface area (TPSA) is 85.2 Å².